The van der Waals surface area contributed by atoms with E-state index in [1.807, 2.05) is 33.1 Å². The molecule has 0 radical (unpaired) electrons. The van der Waals surface area contributed by atoms with Crippen LogP contribution in [0, 0.1) is 6.92 Å². The van der Waals surface area contributed by atoms with E-state index in [2.05, 4.69) is 20.4 Å². The van der Waals surface area contributed by atoms with Crippen LogP contribution in [0.5, 0.6) is 0 Å². The van der Waals surface area contributed by atoms with Gasteiger partial charge in [0.05, 0.1) is 23.8 Å². The highest BCUT2D eigenvalue weighted by molar-refractivity contribution is 7.13. The average Bonchev–Trinajstić information content (AvgIpc) is 3.13. The molecule has 3 heterocycles. The molecule has 3 aromatic heterocycles. The van der Waals surface area contributed by atoms with Crippen molar-refractivity contribution in [2.24, 2.45) is 0 Å². The van der Waals surface area contributed by atoms with Gasteiger partial charge in [-0.25, -0.2) is 14.6 Å². The number of thiazole rings is 1. The quantitative estimate of drug-likeness (QED) is 0.769. The Morgan fingerprint density at radius 1 is 1.36 bits per heavy atom. The lowest BCUT2D eigenvalue weighted by molar-refractivity contribution is -0.116. The van der Waals surface area contributed by atoms with Crippen LogP contribution in [0.4, 0.5) is 5.13 Å². The number of hydrogen-bond acceptors (Lipinski definition) is 6. The number of amides is 1. The molecule has 0 aromatic carbocycles. The number of carbonyl (C=O) groups is 1. The summed E-state index contributed by atoms with van der Waals surface area (Å²) in [6, 6.07) is 0. The summed E-state index contributed by atoms with van der Waals surface area (Å²) in [5, 5.41) is 9.89. The highest BCUT2D eigenvalue weighted by Gasteiger charge is 2.19. The monoisotopic (exact) mass is 360 g/mol. The standard InChI is InChI=1S/C16H20N6O2S/c1-10-8-25-15(19-10)20-12(23)5-6-21-9-17-13-11(14(21)24)7-18-22(13)16(2,3)4/h7-9H,5-6H2,1-4H3,(H,19,20,23). The molecule has 1 amide bonds. The van der Waals surface area contributed by atoms with Gasteiger partial charge in [-0.3, -0.25) is 14.2 Å². The Morgan fingerprint density at radius 3 is 2.76 bits per heavy atom. The van der Waals surface area contributed by atoms with E-state index in [0.29, 0.717) is 16.2 Å². The van der Waals surface area contributed by atoms with Gasteiger partial charge < -0.3 is 5.32 Å². The largest absolute Gasteiger partial charge is 0.302 e. The first-order valence-corrected chi connectivity index (χ1v) is 8.79. The number of nitrogens with one attached hydrogen (secondary N) is 1. The Bertz CT molecular complexity index is 979. The summed E-state index contributed by atoms with van der Waals surface area (Å²) >= 11 is 1.37. The minimum Gasteiger partial charge on any atom is -0.302 e. The molecule has 8 nitrogen and oxygen atoms in total. The number of carbonyl (C=O) groups excluding carboxylic acids is 1. The summed E-state index contributed by atoms with van der Waals surface area (Å²) in [7, 11) is 0. The van der Waals surface area contributed by atoms with Gasteiger partial charge in [-0.1, -0.05) is 0 Å². The fraction of sp³-hybridized carbons (Fsp3) is 0.438. The van der Waals surface area contributed by atoms with Crippen LogP contribution in [0.1, 0.15) is 32.9 Å². The van der Waals surface area contributed by atoms with Crippen molar-refractivity contribution in [2.75, 3.05) is 5.32 Å². The third kappa shape index (κ3) is 3.60. The number of aryl methyl sites for hydroxylation is 2. The first-order valence-electron chi connectivity index (χ1n) is 7.91. The molecule has 0 unspecified atom stereocenters. The molecule has 0 fully saturated rings. The first-order chi connectivity index (χ1) is 11.8. The molecule has 0 bridgehead atoms. The van der Waals surface area contributed by atoms with E-state index < -0.39 is 0 Å². The van der Waals surface area contributed by atoms with Crippen molar-refractivity contribution in [3.8, 4) is 0 Å². The lowest BCUT2D eigenvalue weighted by Gasteiger charge is -2.19. The van der Waals surface area contributed by atoms with Crippen molar-refractivity contribution in [1.29, 1.82) is 0 Å². The van der Waals surface area contributed by atoms with Gasteiger partial charge in [0.25, 0.3) is 5.56 Å². The highest BCUT2D eigenvalue weighted by atomic mass is 32.1. The van der Waals surface area contributed by atoms with Gasteiger partial charge in [0.15, 0.2) is 10.8 Å². The SMILES string of the molecule is Cc1csc(NC(=O)CCn2cnc3c(cnn3C(C)(C)C)c2=O)n1. The van der Waals surface area contributed by atoms with E-state index in [1.54, 1.807) is 4.68 Å². The van der Waals surface area contributed by atoms with E-state index in [4.69, 9.17) is 0 Å². The smallest absolute Gasteiger partial charge is 0.264 e. The second kappa shape index (κ2) is 6.40. The lowest BCUT2D eigenvalue weighted by atomic mass is 10.1. The van der Waals surface area contributed by atoms with Crippen LogP contribution in [0.3, 0.4) is 0 Å². The Balaban J connectivity index is 1.75. The Morgan fingerprint density at radius 2 is 2.12 bits per heavy atom. The van der Waals surface area contributed by atoms with Crippen molar-refractivity contribution in [1.82, 2.24) is 24.3 Å². The molecule has 132 valence electrons. The zero-order valence-corrected chi connectivity index (χ0v) is 15.4. The second-order valence-electron chi connectivity index (χ2n) is 6.80. The molecular weight excluding hydrogens is 340 g/mol. The topological polar surface area (TPSA) is 94.7 Å². The normalized spacial score (nSPS) is 11.8. The third-order valence-electron chi connectivity index (χ3n) is 3.64. The van der Waals surface area contributed by atoms with Crippen molar-refractivity contribution in [2.45, 2.75) is 46.2 Å². The van der Waals surface area contributed by atoms with Gasteiger partial charge in [-0.05, 0) is 27.7 Å². The number of hydrogen-bond donors (Lipinski definition) is 1. The van der Waals surface area contributed by atoms with Crippen LogP contribution < -0.4 is 10.9 Å². The van der Waals surface area contributed by atoms with E-state index in [1.165, 1.54) is 28.4 Å². The molecule has 3 aromatic rings. The number of rotatable bonds is 4. The van der Waals surface area contributed by atoms with Crippen molar-refractivity contribution < 1.29 is 4.79 Å². The fourth-order valence-corrected chi connectivity index (χ4v) is 3.12. The van der Waals surface area contributed by atoms with Crippen molar-refractivity contribution in [3.63, 3.8) is 0 Å². The predicted octanol–water partition coefficient (Wildman–Crippen LogP) is 2.14. The zero-order valence-electron chi connectivity index (χ0n) is 14.6. The summed E-state index contributed by atoms with van der Waals surface area (Å²) < 4.78 is 3.16. The molecule has 9 heteroatoms. The van der Waals surface area contributed by atoms with Crippen LogP contribution in [0.2, 0.25) is 0 Å². The zero-order chi connectivity index (χ0) is 18.2. The van der Waals surface area contributed by atoms with Crippen molar-refractivity contribution >= 4 is 33.4 Å². The number of nitrogens with zero attached hydrogens (tertiary/aromatic N) is 5. The number of aromatic nitrogens is 5. The molecule has 0 saturated carbocycles. The Hall–Kier alpha value is -2.55. The average molecular weight is 360 g/mol. The van der Waals surface area contributed by atoms with E-state index in [9.17, 15) is 9.59 Å². The molecule has 0 aliphatic heterocycles. The summed E-state index contributed by atoms with van der Waals surface area (Å²) in [5.41, 5.74) is 0.955. The molecule has 0 aliphatic rings. The number of fused-ring (bicyclic) bond motifs is 1. The van der Waals surface area contributed by atoms with Crippen LogP contribution in [0.15, 0.2) is 22.7 Å². The maximum absolute atomic E-state index is 12.6. The van der Waals surface area contributed by atoms with Crippen LogP contribution in [-0.2, 0) is 16.9 Å². The van der Waals surface area contributed by atoms with Crippen molar-refractivity contribution in [3.05, 3.63) is 34.0 Å². The van der Waals surface area contributed by atoms with Crippen LogP contribution >= 0.6 is 11.3 Å². The van der Waals surface area contributed by atoms with Crippen LogP contribution in [-0.4, -0.2) is 30.2 Å². The van der Waals surface area contributed by atoms with E-state index in [0.717, 1.165) is 5.69 Å². The molecule has 0 saturated heterocycles. The number of anilines is 1. The molecule has 0 atom stereocenters. The van der Waals surface area contributed by atoms with Gasteiger partial charge in [-0.2, -0.15) is 5.10 Å². The summed E-state index contributed by atoms with van der Waals surface area (Å²) in [4.78, 5) is 33.1. The first kappa shape index (κ1) is 17.3. The van der Waals surface area contributed by atoms with Gasteiger partial charge in [0, 0.05) is 18.3 Å². The minimum atomic E-state index is -0.265. The minimum absolute atomic E-state index is 0.166. The Kier molecular flexibility index (Phi) is 4.42. The molecule has 0 spiro atoms. The summed E-state index contributed by atoms with van der Waals surface area (Å²) in [6.07, 6.45) is 3.17. The van der Waals surface area contributed by atoms with Gasteiger partial charge in [-0.15, -0.1) is 11.3 Å². The molecule has 1 N–H and O–H groups in total. The molecule has 0 aliphatic carbocycles. The summed E-state index contributed by atoms with van der Waals surface area (Å²) in [6.45, 7) is 8.11. The summed E-state index contributed by atoms with van der Waals surface area (Å²) in [5.74, 6) is -0.188. The van der Waals surface area contributed by atoms with E-state index in [-0.39, 0.29) is 30.0 Å². The fourth-order valence-electron chi connectivity index (χ4n) is 2.41. The third-order valence-corrected chi connectivity index (χ3v) is 4.51. The molecular formula is C16H20N6O2S. The van der Waals surface area contributed by atoms with Gasteiger partial charge >= 0.3 is 0 Å². The lowest BCUT2D eigenvalue weighted by Crippen LogP contribution is -2.26. The predicted molar refractivity (Wildman–Crippen MR) is 96.9 cm³/mol. The van der Waals surface area contributed by atoms with Gasteiger partial charge in [0.1, 0.15) is 5.39 Å². The highest BCUT2D eigenvalue weighted by Crippen LogP contribution is 2.18. The Labute approximate surface area is 148 Å². The maximum Gasteiger partial charge on any atom is 0.264 e. The van der Waals surface area contributed by atoms with Gasteiger partial charge in [0.2, 0.25) is 5.91 Å². The second-order valence-corrected chi connectivity index (χ2v) is 7.66. The molecule has 25 heavy (non-hydrogen) atoms. The van der Waals surface area contributed by atoms with Crippen LogP contribution in [0.25, 0.3) is 11.0 Å². The molecule has 3 rings (SSSR count). The maximum atomic E-state index is 12.6. The van der Waals surface area contributed by atoms with E-state index >= 15 is 0 Å².